The maximum absolute atomic E-state index is 13.2. The minimum absolute atomic E-state index is 0.0318. The van der Waals surface area contributed by atoms with Crippen molar-refractivity contribution in [1.82, 2.24) is 20.0 Å². The highest BCUT2D eigenvalue weighted by atomic mass is 79.9. The number of aromatic amines is 1. The Morgan fingerprint density at radius 3 is 3.00 bits per heavy atom. The number of amides is 1. The largest absolute Gasteiger partial charge is 0.350 e. The second-order valence-electron chi connectivity index (χ2n) is 6.27. The van der Waals surface area contributed by atoms with Crippen LogP contribution in [0.1, 0.15) is 54.4 Å². The van der Waals surface area contributed by atoms with Crippen LogP contribution in [0.2, 0.25) is 0 Å². The first-order chi connectivity index (χ1) is 12.2. The van der Waals surface area contributed by atoms with E-state index in [0.717, 1.165) is 34.6 Å². The molecule has 1 aromatic carbocycles. The fourth-order valence-electron chi connectivity index (χ4n) is 3.39. The predicted molar refractivity (Wildman–Crippen MR) is 97.3 cm³/mol. The molecule has 25 heavy (non-hydrogen) atoms. The van der Waals surface area contributed by atoms with Crippen molar-refractivity contribution >= 4 is 32.7 Å². The van der Waals surface area contributed by atoms with Crippen molar-refractivity contribution in [3.8, 4) is 0 Å². The van der Waals surface area contributed by atoms with E-state index in [1.165, 1.54) is 0 Å². The molecule has 6 nitrogen and oxygen atoms in total. The molecular weight excluding hydrogens is 384 g/mol. The third-order valence-electron chi connectivity index (χ3n) is 4.70. The maximum atomic E-state index is 13.2. The van der Waals surface area contributed by atoms with Gasteiger partial charge >= 0.3 is 0 Å². The normalized spacial score (nSPS) is 18.0. The third kappa shape index (κ3) is 2.86. The van der Waals surface area contributed by atoms with Gasteiger partial charge in [-0.25, -0.2) is 0 Å². The van der Waals surface area contributed by atoms with Gasteiger partial charge in [0.15, 0.2) is 5.82 Å². The van der Waals surface area contributed by atoms with E-state index in [1.54, 1.807) is 0 Å². The molecule has 0 spiro atoms. The minimum Gasteiger partial charge on any atom is -0.350 e. The average Bonchev–Trinajstić information content (AvgIpc) is 3.26. The molecule has 7 heteroatoms. The van der Waals surface area contributed by atoms with Crippen LogP contribution in [0.15, 0.2) is 33.3 Å². The van der Waals surface area contributed by atoms with Crippen LogP contribution in [-0.2, 0) is 6.42 Å². The first kappa shape index (κ1) is 16.3. The molecule has 1 aliphatic rings. The molecule has 1 N–H and O–H groups in total. The molecule has 0 aliphatic carbocycles. The van der Waals surface area contributed by atoms with Crippen molar-refractivity contribution in [1.29, 1.82) is 0 Å². The second kappa shape index (κ2) is 6.63. The Hall–Kier alpha value is -2.15. The number of piperidine rings is 1. The van der Waals surface area contributed by atoms with Gasteiger partial charge in [-0.2, -0.15) is 4.98 Å². The van der Waals surface area contributed by atoms with Crippen LogP contribution in [0.4, 0.5) is 0 Å². The van der Waals surface area contributed by atoms with E-state index in [9.17, 15) is 4.79 Å². The molecule has 3 heterocycles. The Bertz CT molecular complexity index is 917. The van der Waals surface area contributed by atoms with Gasteiger partial charge in [-0.05, 0) is 41.3 Å². The molecule has 0 bridgehead atoms. The summed E-state index contributed by atoms with van der Waals surface area (Å²) in [5.74, 6) is 1.19. The zero-order chi connectivity index (χ0) is 17.4. The molecule has 1 saturated heterocycles. The number of para-hydroxylation sites is 1. The number of halogens is 1. The van der Waals surface area contributed by atoms with Gasteiger partial charge in [0.1, 0.15) is 5.69 Å². The van der Waals surface area contributed by atoms with Crippen LogP contribution in [0.25, 0.3) is 10.9 Å². The number of aryl methyl sites for hydroxylation is 1. The standard InChI is InChI=1S/C18H19BrN4O2/c1-2-14-21-17(22-25-14)13-9-5-6-10-23(13)18(24)16-15(19)11-7-3-4-8-12(11)20-16/h3-4,7-8,13,20H,2,5-6,9-10H2,1H3. The van der Waals surface area contributed by atoms with Crippen LogP contribution in [-0.4, -0.2) is 32.5 Å². The highest BCUT2D eigenvalue weighted by Crippen LogP contribution is 2.34. The predicted octanol–water partition coefficient (Wildman–Crippen LogP) is 4.24. The molecule has 2 aromatic heterocycles. The fourth-order valence-corrected chi connectivity index (χ4v) is 4.00. The number of nitrogens with zero attached hydrogens (tertiary/aromatic N) is 3. The highest BCUT2D eigenvalue weighted by molar-refractivity contribution is 9.10. The highest BCUT2D eigenvalue weighted by Gasteiger charge is 2.33. The SMILES string of the molecule is CCc1nc(C2CCCCN2C(=O)c2[nH]c3ccccc3c2Br)no1. The summed E-state index contributed by atoms with van der Waals surface area (Å²) in [6.07, 6.45) is 3.59. The van der Waals surface area contributed by atoms with Crippen molar-refractivity contribution < 1.29 is 9.32 Å². The van der Waals surface area contributed by atoms with E-state index in [0.29, 0.717) is 30.4 Å². The number of fused-ring (bicyclic) bond motifs is 1. The van der Waals surface area contributed by atoms with Crippen molar-refractivity contribution in [3.05, 3.63) is 46.1 Å². The summed E-state index contributed by atoms with van der Waals surface area (Å²) in [7, 11) is 0. The molecule has 1 atom stereocenters. The fraction of sp³-hybridized carbons (Fsp3) is 0.389. The minimum atomic E-state index is -0.136. The molecule has 4 rings (SSSR count). The third-order valence-corrected chi connectivity index (χ3v) is 5.53. The smallest absolute Gasteiger partial charge is 0.272 e. The lowest BCUT2D eigenvalue weighted by molar-refractivity contribution is 0.0591. The zero-order valence-corrected chi connectivity index (χ0v) is 15.5. The van der Waals surface area contributed by atoms with Crippen LogP contribution >= 0.6 is 15.9 Å². The topological polar surface area (TPSA) is 75.0 Å². The molecule has 0 radical (unpaired) electrons. The van der Waals surface area contributed by atoms with E-state index in [4.69, 9.17) is 4.52 Å². The maximum Gasteiger partial charge on any atom is 0.272 e. The van der Waals surface area contributed by atoms with E-state index in [2.05, 4.69) is 31.1 Å². The molecule has 3 aromatic rings. The van der Waals surface area contributed by atoms with Gasteiger partial charge in [0.25, 0.3) is 5.91 Å². The lowest BCUT2D eigenvalue weighted by atomic mass is 10.0. The molecule has 1 unspecified atom stereocenters. The number of hydrogen-bond acceptors (Lipinski definition) is 4. The van der Waals surface area contributed by atoms with Gasteiger partial charge in [-0.3, -0.25) is 4.79 Å². The van der Waals surface area contributed by atoms with Crippen molar-refractivity contribution in [2.45, 2.75) is 38.6 Å². The van der Waals surface area contributed by atoms with E-state index in [-0.39, 0.29) is 11.9 Å². The number of H-pyrrole nitrogens is 1. The summed E-state index contributed by atoms with van der Waals surface area (Å²) in [5, 5.41) is 5.11. The van der Waals surface area contributed by atoms with Gasteiger partial charge in [0.05, 0.1) is 10.5 Å². The van der Waals surface area contributed by atoms with Crippen molar-refractivity contribution in [3.63, 3.8) is 0 Å². The number of likely N-dealkylation sites (tertiary alicyclic amines) is 1. The summed E-state index contributed by atoms with van der Waals surface area (Å²) in [5.41, 5.74) is 1.52. The van der Waals surface area contributed by atoms with Crippen LogP contribution in [0, 0.1) is 0 Å². The Morgan fingerprint density at radius 1 is 1.40 bits per heavy atom. The van der Waals surface area contributed by atoms with E-state index in [1.807, 2.05) is 36.1 Å². The zero-order valence-electron chi connectivity index (χ0n) is 14.0. The Labute approximate surface area is 153 Å². The van der Waals surface area contributed by atoms with Crippen molar-refractivity contribution in [2.24, 2.45) is 0 Å². The second-order valence-corrected chi connectivity index (χ2v) is 7.06. The number of benzene rings is 1. The quantitative estimate of drug-likeness (QED) is 0.710. The summed E-state index contributed by atoms with van der Waals surface area (Å²) in [4.78, 5) is 22.8. The molecule has 130 valence electrons. The van der Waals surface area contributed by atoms with Crippen LogP contribution in [0.5, 0.6) is 0 Å². The number of hydrogen-bond donors (Lipinski definition) is 1. The lowest BCUT2D eigenvalue weighted by Crippen LogP contribution is -2.39. The lowest BCUT2D eigenvalue weighted by Gasteiger charge is -2.33. The number of carbonyl (C=O) groups excluding carboxylic acids is 1. The average molecular weight is 403 g/mol. The van der Waals surface area contributed by atoms with Gasteiger partial charge in [0, 0.05) is 23.9 Å². The van der Waals surface area contributed by atoms with Gasteiger partial charge in [-0.1, -0.05) is 30.3 Å². The van der Waals surface area contributed by atoms with Gasteiger partial charge in [0.2, 0.25) is 5.89 Å². The monoisotopic (exact) mass is 402 g/mol. The summed E-state index contributed by atoms with van der Waals surface area (Å²) < 4.78 is 6.06. The number of aromatic nitrogens is 3. The molecule has 1 amide bonds. The van der Waals surface area contributed by atoms with Crippen molar-refractivity contribution in [2.75, 3.05) is 6.54 Å². The molecule has 1 aliphatic heterocycles. The number of carbonyl (C=O) groups is 1. The first-order valence-electron chi connectivity index (χ1n) is 8.58. The van der Waals surface area contributed by atoms with E-state index < -0.39 is 0 Å². The first-order valence-corrected chi connectivity index (χ1v) is 9.38. The number of nitrogens with one attached hydrogen (secondary N) is 1. The number of rotatable bonds is 3. The summed E-state index contributed by atoms with van der Waals surface area (Å²) in [6.45, 7) is 2.67. The summed E-state index contributed by atoms with van der Waals surface area (Å²) >= 11 is 3.58. The van der Waals surface area contributed by atoms with Gasteiger partial charge < -0.3 is 14.4 Å². The Balaban J connectivity index is 1.69. The molecular formula is C18H19BrN4O2. The Kier molecular flexibility index (Phi) is 4.33. The van der Waals surface area contributed by atoms with Crippen LogP contribution < -0.4 is 0 Å². The van der Waals surface area contributed by atoms with Crippen LogP contribution in [0.3, 0.4) is 0 Å². The van der Waals surface area contributed by atoms with Gasteiger partial charge in [-0.15, -0.1) is 0 Å². The molecule has 1 fully saturated rings. The van der Waals surface area contributed by atoms with E-state index >= 15 is 0 Å². The molecule has 0 saturated carbocycles. The Morgan fingerprint density at radius 2 is 2.24 bits per heavy atom. The summed E-state index contributed by atoms with van der Waals surface area (Å²) in [6, 6.07) is 7.74.